The van der Waals surface area contributed by atoms with Gasteiger partial charge in [0.05, 0.1) is 12.5 Å². The minimum atomic E-state index is 0.579. The molecule has 0 N–H and O–H groups in total. The highest BCUT2D eigenvalue weighted by Gasteiger charge is 1.98. The number of carbonyl (C=O) groups excluding carboxylic acids is 1. The van der Waals surface area contributed by atoms with E-state index in [1.807, 2.05) is 0 Å². The highest BCUT2D eigenvalue weighted by Crippen LogP contribution is 2.08. The van der Waals surface area contributed by atoms with Crippen molar-refractivity contribution in [1.29, 1.82) is 0 Å². The summed E-state index contributed by atoms with van der Waals surface area (Å²) in [5.74, 6) is 2.25. The fourth-order valence-corrected chi connectivity index (χ4v) is 0.736. The van der Waals surface area contributed by atoms with E-state index in [9.17, 15) is 4.79 Å². The lowest BCUT2D eigenvalue weighted by Crippen LogP contribution is -1.78. The number of rotatable bonds is 2. The number of nitrogens with zero attached hydrogens (tertiary/aromatic N) is 1. The van der Waals surface area contributed by atoms with E-state index in [1.165, 1.54) is 12.3 Å². The van der Waals surface area contributed by atoms with Crippen molar-refractivity contribution in [2.24, 2.45) is 4.99 Å². The largest absolute Gasteiger partial charge is 0.463 e. The van der Waals surface area contributed by atoms with E-state index in [1.54, 1.807) is 25.3 Å². The van der Waals surface area contributed by atoms with Crippen molar-refractivity contribution in [3.63, 3.8) is 0 Å². The molecular weight excluding hydrogens is 142 g/mol. The molecule has 0 unspecified atom stereocenters. The second-order valence-electron chi connectivity index (χ2n) is 1.89. The Balaban J connectivity index is 3.04. The lowest BCUT2D eigenvalue weighted by atomic mass is 10.2. The van der Waals surface area contributed by atoms with Gasteiger partial charge in [-0.1, -0.05) is 0 Å². The molecule has 0 atom stereocenters. The van der Waals surface area contributed by atoms with Crippen molar-refractivity contribution in [3.8, 4) is 0 Å². The third-order valence-corrected chi connectivity index (χ3v) is 1.19. The molecule has 1 heterocycles. The zero-order valence-electron chi connectivity index (χ0n) is 6.07. The molecule has 0 radical (unpaired) electrons. The molecule has 0 amide bonds. The molecule has 0 saturated heterocycles. The molecule has 0 aromatic carbocycles. The summed E-state index contributed by atoms with van der Waals surface area (Å²) in [6.45, 7) is 0. The molecule has 1 aromatic heterocycles. The van der Waals surface area contributed by atoms with Crippen LogP contribution < -0.4 is 0 Å². The maximum absolute atomic E-state index is 9.96. The van der Waals surface area contributed by atoms with Gasteiger partial charge in [-0.25, -0.2) is 4.79 Å². The molecule has 1 aromatic rings. The van der Waals surface area contributed by atoms with Crippen molar-refractivity contribution in [3.05, 3.63) is 23.7 Å². The molecule has 0 aliphatic carbocycles. The average Bonchev–Trinajstić information content (AvgIpc) is 2.39. The second-order valence-corrected chi connectivity index (χ2v) is 1.89. The standard InChI is InChI=1S/C8H7NO2/c1-9-6-8-7(2-4-10)3-5-11-8/h2-3,5-6H,1H3. The first-order valence-corrected chi connectivity index (χ1v) is 3.09. The summed E-state index contributed by atoms with van der Waals surface area (Å²) in [7, 11) is 1.64. The van der Waals surface area contributed by atoms with E-state index < -0.39 is 0 Å². The summed E-state index contributed by atoms with van der Waals surface area (Å²) in [6.07, 6.45) is 4.35. The lowest BCUT2D eigenvalue weighted by Gasteiger charge is -1.84. The SMILES string of the molecule is CN=Cc1occc1C=C=O. The zero-order chi connectivity index (χ0) is 8.10. The summed E-state index contributed by atoms with van der Waals surface area (Å²) < 4.78 is 5.00. The second kappa shape index (κ2) is 3.54. The Morgan fingerprint density at radius 3 is 3.18 bits per heavy atom. The molecule has 0 fully saturated rings. The molecule has 0 spiro atoms. The maximum Gasteiger partial charge on any atom is 0.152 e. The van der Waals surface area contributed by atoms with E-state index >= 15 is 0 Å². The van der Waals surface area contributed by atoms with Crippen LogP contribution in [0.3, 0.4) is 0 Å². The van der Waals surface area contributed by atoms with Gasteiger partial charge in [0, 0.05) is 18.7 Å². The van der Waals surface area contributed by atoms with E-state index in [4.69, 9.17) is 4.42 Å². The fourth-order valence-electron chi connectivity index (χ4n) is 0.736. The summed E-state index contributed by atoms with van der Waals surface area (Å²) in [4.78, 5) is 13.7. The predicted molar refractivity (Wildman–Crippen MR) is 42.4 cm³/mol. The number of furan rings is 1. The smallest absolute Gasteiger partial charge is 0.152 e. The average molecular weight is 149 g/mol. The summed E-state index contributed by atoms with van der Waals surface area (Å²) in [5, 5.41) is 0. The Morgan fingerprint density at radius 2 is 2.55 bits per heavy atom. The fraction of sp³-hybridized carbons (Fsp3) is 0.125. The van der Waals surface area contributed by atoms with Crippen LogP contribution in [-0.4, -0.2) is 19.2 Å². The first-order chi connectivity index (χ1) is 5.38. The van der Waals surface area contributed by atoms with E-state index in [2.05, 4.69) is 4.99 Å². The third kappa shape index (κ3) is 1.66. The van der Waals surface area contributed by atoms with Crippen LogP contribution in [0.25, 0.3) is 6.08 Å². The highest BCUT2D eigenvalue weighted by molar-refractivity contribution is 5.86. The number of hydrogen-bond donors (Lipinski definition) is 0. The van der Waals surface area contributed by atoms with Crippen LogP contribution in [-0.2, 0) is 4.79 Å². The molecular formula is C8H7NO2. The quantitative estimate of drug-likeness (QED) is 0.468. The topological polar surface area (TPSA) is 42.6 Å². The lowest BCUT2D eigenvalue weighted by molar-refractivity contribution is 0.559. The molecule has 1 rings (SSSR count). The molecule has 0 saturated carbocycles. The number of hydrogen-bond acceptors (Lipinski definition) is 3. The third-order valence-electron chi connectivity index (χ3n) is 1.19. The normalized spacial score (nSPS) is 9.91. The van der Waals surface area contributed by atoms with Gasteiger partial charge in [-0.3, -0.25) is 4.99 Å². The van der Waals surface area contributed by atoms with Gasteiger partial charge in [-0.15, -0.1) is 0 Å². The molecule has 11 heavy (non-hydrogen) atoms. The van der Waals surface area contributed by atoms with Crippen molar-refractivity contribution >= 4 is 18.2 Å². The van der Waals surface area contributed by atoms with Gasteiger partial charge in [0.25, 0.3) is 0 Å². The van der Waals surface area contributed by atoms with Crippen LogP contribution in [0.4, 0.5) is 0 Å². The minimum absolute atomic E-state index is 0.579. The Hall–Kier alpha value is -1.60. The van der Waals surface area contributed by atoms with Gasteiger partial charge >= 0.3 is 0 Å². The Bertz CT molecular complexity index is 306. The summed E-state index contributed by atoms with van der Waals surface area (Å²) >= 11 is 0. The molecule has 3 heteroatoms. The maximum atomic E-state index is 9.96. The highest BCUT2D eigenvalue weighted by atomic mass is 16.3. The molecule has 56 valence electrons. The van der Waals surface area contributed by atoms with E-state index in [0.29, 0.717) is 11.3 Å². The van der Waals surface area contributed by atoms with Gasteiger partial charge in [0.1, 0.15) is 5.94 Å². The monoisotopic (exact) mass is 149 g/mol. The predicted octanol–water partition coefficient (Wildman–Crippen LogP) is 1.17. The Labute approximate surface area is 64.1 Å². The van der Waals surface area contributed by atoms with Crippen LogP contribution in [0.5, 0.6) is 0 Å². The first kappa shape index (κ1) is 7.51. The Morgan fingerprint density at radius 1 is 1.73 bits per heavy atom. The van der Waals surface area contributed by atoms with Crippen LogP contribution in [0.15, 0.2) is 21.7 Å². The van der Waals surface area contributed by atoms with Crippen LogP contribution in [0, 0.1) is 0 Å². The molecule has 0 aliphatic heterocycles. The van der Waals surface area contributed by atoms with Gasteiger partial charge < -0.3 is 4.42 Å². The van der Waals surface area contributed by atoms with Crippen LogP contribution >= 0.6 is 0 Å². The van der Waals surface area contributed by atoms with Crippen molar-refractivity contribution in [2.45, 2.75) is 0 Å². The Kier molecular flexibility index (Phi) is 2.42. The molecule has 0 bridgehead atoms. The van der Waals surface area contributed by atoms with Gasteiger partial charge in [0.15, 0.2) is 5.76 Å². The summed E-state index contributed by atoms with van der Waals surface area (Å²) in [6, 6.07) is 1.68. The van der Waals surface area contributed by atoms with Crippen LogP contribution in [0.1, 0.15) is 11.3 Å². The first-order valence-electron chi connectivity index (χ1n) is 3.09. The van der Waals surface area contributed by atoms with Crippen molar-refractivity contribution < 1.29 is 9.21 Å². The molecule has 3 nitrogen and oxygen atoms in total. The summed E-state index contributed by atoms with van der Waals surface area (Å²) in [5.41, 5.74) is 0.700. The van der Waals surface area contributed by atoms with Crippen molar-refractivity contribution in [1.82, 2.24) is 0 Å². The van der Waals surface area contributed by atoms with Gasteiger partial charge in [-0.2, -0.15) is 0 Å². The van der Waals surface area contributed by atoms with E-state index in [0.717, 1.165) is 0 Å². The minimum Gasteiger partial charge on any atom is -0.463 e. The van der Waals surface area contributed by atoms with Crippen molar-refractivity contribution in [2.75, 3.05) is 7.05 Å². The van der Waals surface area contributed by atoms with Gasteiger partial charge in [0.2, 0.25) is 0 Å². The van der Waals surface area contributed by atoms with Gasteiger partial charge in [-0.05, 0) is 6.07 Å². The number of aliphatic imine (C=N–C) groups is 1. The molecule has 0 aliphatic rings. The zero-order valence-corrected chi connectivity index (χ0v) is 6.07. The van der Waals surface area contributed by atoms with E-state index in [-0.39, 0.29) is 0 Å². The van der Waals surface area contributed by atoms with Crippen LogP contribution in [0.2, 0.25) is 0 Å².